The van der Waals surface area contributed by atoms with Gasteiger partial charge in [-0.1, -0.05) is 48.5 Å². The third kappa shape index (κ3) is 4.15. The molecule has 0 spiro atoms. The van der Waals surface area contributed by atoms with Crippen molar-refractivity contribution in [3.05, 3.63) is 99.4 Å². The highest BCUT2D eigenvalue weighted by molar-refractivity contribution is 9.10. The number of carbonyl (C=O) groups is 2. The van der Waals surface area contributed by atoms with E-state index in [-0.39, 0.29) is 17.6 Å². The lowest BCUT2D eigenvalue weighted by Crippen LogP contribution is -2.22. The number of halogens is 1. The molecule has 0 saturated carbocycles. The van der Waals surface area contributed by atoms with E-state index in [4.69, 9.17) is 4.42 Å². The van der Waals surface area contributed by atoms with Gasteiger partial charge in [0.05, 0.1) is 11.4 Å². The summed E-state index contributed by atoms with van der Waals surface area (Å²) < 4.78 is 6.76. The highest BCUT2D eigenvalue weighted by Crippen LogP contribution is 2.31. The van der Waals surface area contributed by atoms with E-state index in [0.29, 0.717) is 17.7 Å². The van der Waals surface area contributed by atoms with Gasteiger partial charge in [-0.2, -0.15) is 5.10 Å². The van der Waals surface area contributed by atoms with Crippen LogP contribution in [0.1, 0.15) is 50.6 Å². The first-order chi connectivity index (χ1) is 16.5. The molecule has 3 aromatic carbocycles. The number of hydrogen-bond acceptors (Lipinski definition) is 4. The van der Waals surface area contributed by atoms with E-state index in [2.05, 4.69) is 31.8 Å². The highest BCUT2D eigenvalue weighted by Gasteiger charge is 2.28. The first kappa shape index (κ1) is 22.1. The Morgan fingerprint density at radius 3 is 2.56 bits per heavy atom. The third-order valence-corrected chi connectivity index (χ3v) is 6.67. The molecule has 6 nitrogen and oxygen atoms in total. The Hall–Kier alpha value is -3.71. The summed E-state index contributed by atoms with van der Waals surface area (Å²) in [7, 11) is 0. The van der Waals surface area contributed by atoms with E-state index < -0.39 is 0 Å². The normalized spacial score (nSPS) is 14.1. The Morgan fingerprint density at radius 2 is 1.71 bits per heavy atom. The van der Waals surface area contributed by atoms with Gasteiger partial charge in [-0.05, 0) is 64.7 Å². The molecule has 0 saturated heterocycles. The zero-order valence-electron chi connectivity index (χ0n) is 18.5. The van der Waals surface area contributed by atoms with E-state index in [1.807, 2.05) is 67.6 Å². The van der Waals surface area contributed by atoms with Crippen molar-refractivity contribution in [3.8, 4) is 0 Å². The minimum atomic E-state index is -0.321. The summed E-state index contributed by atoms with van der Waals surface area (Å²) in [5.41, 5.74) is 6.19. The second-order valence-electron chi connectivity index (χ2n) is 8.17. The Bertz CT molecular complexity index is 1450. The van der Waals surface area contributed by atoms with Crippen molar-refractivity contribution in [2.24, 2.45) is 5.10 Å². The van der Waals surface area contributed by atoms with Crippen LogP contribution in [0.3, 0.4) is 0 Å². The Labute approximate surface area is 205 Å². The van der Waals surface area contributed by atoms with Gasteiger partial charge in [-0.25, -0.2) is 5.43 Å². The topological polar surface area (TPSA) is 83.7 Å². The lowest BCUT2D eigenvalue weighted by molar-refractivity contribution is 0.0955. The third-order valence-electron chi connectivity index (χ3n) is 5.98. The molecule has 0 bridgehead atoms. The van der Waals surface area contributed by atoms with Gasteiger partial charge in [-0.3, -0.25) is 9.59 Å². The number of anilines is 1. The summed E-state index contributed by atoms with van der Waals surface area (Å²) in [5.74, 6) is 0.386. The van der Waals surface area contributed by atoms with Crippen LogP contribution in [0.5, 0.6) is 0 Å². The number of rotatable bonds is 4. The van der Waals surface area contributed by atoms with Crippen molar-refractivity contribution in [2.75, 3.05) is 5.32 Å². The molecule has 0 fully saturated rings. The van der Waals surface area contributed by atoms with E-state index >= 15 is 0 Å². The van der Waals surface area contributed by atoms with Gasteiger partial charge in [0.2, 0.25) is 0 Å². The van der Waals surface area contributed by atoms with E-state index in [1.165, 1.54) is 0 Å². The average molecular weight is 516 g/mol. The van der Waals surface area contributed by atoms with Crippen molar-refractivity contribution in [3.63, 3.8) is 0 Å². The average Bonchev–Trinajstić information content (AvgIpc) is 3.20. The van der Waals surface area contributed by atoms with Crippen LogP contribution in [0.4, 0.5) is 5.69 Å². The predicted octanol–water partition coefficient (Wildman–Crippen LogP) is 6.23. The molecule has 170 valence electrons. The summed E-state index contributed by atoms with van der Waals surface area (Å²) in [4.78, 5) is 25.9. The van der Waals surface area contributed by atoms with Gasteiger partial charge in [-0.15, -0.1) is 0 Å². The summed E-state index contributed by atoms with van der Waals surface area (Å²) in [6, 6.07) is 20.8. The number of carbonyl (C=O) groups excluding carboxylic acids is 2. The summed E-state index contributed by atoms with van der Waals surface area (Å²) in [6.07, 6.45) is 2.23. The molecule has 0 radical (unpaired) electrons. The fraction of sp³-hybridized carbons (Fsp3) is 0.148. The molecule has 2 amide bonds. The summed E-state index contributed by atoms with van der Waals surface area (Å²) in [6.45, 7) is 1.85. The maximum absolute atomic E-state index is 13.0. The van der Waals surface area contributed by atoms with Crippen molar-refractivity contribution >= 4 is 49.9 Å². The second-order valence-corrected chi connectivity index (χ2v) is 9.02. The van der Waals surface area contributed by atoms with Crippen molar-refractivity contribution < 1.29 is 14.0 Å². The standard InChI is InChI=1S/C27H22BrN3O3/c1-16-24-22(30-31-26(32)19-11-6-9-17-8-2-3-10-18(17)19)14-7-15-23(24)34-25(16)27(33)29-21-13-5-4-12-20(21)28/h2-6,8-13H,7,14-15H2,1H3,(H,29,33)(H,31,32)/b30-22+. The largest absolute Gasteiger partial charge is 0.455 e. The van der Waals surface area contributed by atoms with Gasteiger partial charge < -0.3 is 9.73 Å². The Balaban J connectivity index is 1.41. The molecular weight excluding hydrogens is 494 g/mol. The number of aryl methyl sites for hydroxylation is 1. The minimum absolute atomic E-state index is 0.260. The number of fused-ring (bicyclic) bond motifs is 2. The Kier molecular flexibility index (Phi) is 6.02. The molecule has 7 heteroatoms. The molecular formula is C27H22BrN3O3. The molecule has 1 aromatic heterocycles. The first-order valence-corrected chi connectivity index (χ1v) is 11.9. The van der Waals surface area contributed by atoms with Crippen LogP contribution in [-0.4, -0.2) is 17.5 Å². The summed E-state index contributed by atoms with van der Waals surface area (Å²) >= 11 is 3.45. The molecule has 1 heterocycles. The minimum Gasteiger partial charge on any atom is -0.455 e. The van der Waals surface area contributed by atoms with Crippen LogP contribution in [0, 0.1) is 6.92 Å². The van der Waals surface area contributed by atoms with Crippen molar-refractivity contribution in [1.82, 2.24) is 5.43 Å². The van der Waals surface area contributed by atoms with Crippen molar-refractivity contribution in [1.29, 1.82) is 0 Å². The predicted molar refractivity (Wildman–Crippen MR) is 136 cm³/mol. The molecule has 5 rings (SSSR count). The number of amides is 2. The molecule has 1 aliphatic carbocycles. The van der Waals surface area contributed by atoms with Crippen LogP contribution in [0.25, 0.3) is 10.8 Å². The Morgan fingerprint density at radius 1 is 0.941 bits per heavy atom. The molecule has 1 aliphatic rings. The quantitative estimate of drug-likeness (QED) is 0.316. The molecule has 2 N–H and O–H groups in total. The fourth-order valence-corrected chi connectivity index (χ4v) is 4.72. The molecule has 0 aliphatic heterocycles. The fourth-order valence-electron chi connectivity index (χ4n) is 4.34. The molecule has 0 atom stereocenters. The monoisotopic (exact) mass is 515 g/mol. The van der Waals surface area contributed by atoms with Crippen LogP contribution in [0.2, 0.25) is 0 Å². The van der Waals surface area contributed by atoms with Crippen LogP contribution >= 0.6 is 15.9 Å². The molecule has 0 unspecified atom stereocenters. The molecule has 34 heavy (non-hydrogen) atoms. The number of hydrogen-bond donors (Lipinski definition) is 2. The molecule has 4 aromatic rings. The SMILES string of the molecule is Cc1c(C(=O)Nc2ccccc2Br)oc2c1/C(=N/NC(=O)c1cccc3ccccc13)CCC2. The zero-order chi connectivity index (χ0) is 23.7. The second kappa shape index (κ2) is 9.27. The van der Waals surface area contributed by atoms with Gasteiger partial charge in [0.1, 0.15) is 5.76 Å². The van der Waals surface area contributed by atoms with E-state index in [1.54, 1.807) is 6.07 Å². The van der Waals surface area contributed by atoms with Crippen LogP contribution in [0.15, 0.2) is 80.7 Å². The van der Waals surface area contributed by atoms with Crippen LogP contribution < -0.4 is 10.7 Å². The first-order valence-electron chi connectivity index (χ1n) is 11.1. The smallest absolute Gasteiger partial charge is 0.291 e. The van der Waals surface area contributed by atoms with E-state index in [0.717, 1.165) is 50.7 Å². The number of benzene rings is 3. The maximum atomic E-state index is 13.0. The summed E-state index contributed by atoms with van der Waals surface area (Å²) in [5, 5.41) is 9.22. The zero-order valence-corrected chi connectivity index (χ0v) is 20.1. The maximum Gasteiger partial charge on any atom is 0.291 e. The lowest BCUT2D eigenvalue weighted by atomic mass is 9.93. The van der Waals surface area contributed by atoms with Gasteiger partial charge >= 0.3 is 0 Å². The lowest BCUT2D eigenvalue weighted by Gasteiger charge is -2.13. The highest BCUT2D eigenvalue weighted by atomic mass is 79.9. The number of nitrogens with one attached hydrogen (secondary N) is 2. The van der Waals surface area contributed by atoms with Crippen molar-refractivity contribution in [2.45, 2.75) is 26.2 Å². The van der Waals surface area contributed by atoms with Gasteiger partial charge in [0.25, 0.3) is 11.8 Å². The van der Waals surface area contributed by atoms with Gasteiger partial charge in [0, 0.05) is 27.6 Å². The number of para-hydroxylation sites is 1. The number of hydrazone groups is 1. The van der Waals surface area contributed by atoms with Gasteiger partial charge in [0.15, 0.2) is 5.76 Å². The number of furan rings is 1. The van der Waals surface area contributed by atoms with Crippen LogP contribution in [-0.2, 0) is 6.42 Å². The van der Waals surface area contributed by atoms with E-state index in [9.17, 15) is 9.59 Å². The number of nitrogens with zero attached hydrogens (tertiary/aromatic N) is 1.